The van der Waals surface area contributed by atoms with E-state index in [9.17, 15) is 26.4 Å². The van der Waals surface area contributed by atoms with Gasteiger partial charge >= 0.3 is 6.36 Å². The van der Waals surface area contributed by atoms with Crippen molar-refractivity contribution in [2.75, 3.05) is 19.4 Å². The number of sulfonamides is 1. The highest BCUT2D eigenvalue weighted by Crippen LogP contribution is 2.24. The van der Waals surface area contributed by atoms with Gasteiger partial charge in [-0.05, 0) is 48.5 Å². The van der Waals surface area contributed by atoms with Crippen LogP contribution in [-0.2, 0) is 10.0 Å². The first-order valence-electron chi connectivity index (χ1n) is 7.19. The van der Waals surface area contributed by atoms with E-state index in [1.807, 2.05) is 0 Å². The fraction of sp³-hybridized carbons (Fsp3) is 0.188. The van der Waals surface area contributed by atoms with Crippen LogP contribution in [0.15, 0.2) is 53.4 Å². The molecule has 0 spiro atoms. The molecule has 6 nitrogen and oxygen atoms in total. The Hall–Kier alpha value is -2.59. The van der Waals surface area contributed by atoms with Crippen LogP contribution >= 0.6 is 0 Å². The summed E-state index contributed by atoms with van der Waals surface area (Å²) in [6.45, 7) is 0. The number of ether oxygens (including phenoxy) is 1. The number of anilines is 1. The van der Waals surface area contributed by atoms with E-state index >= 15 is 0 Å². The van der Waals surface area contributed by atoms with Gasteiger partial charge in [-0.15, -0.1) is 13.2 Å². The molecule has 10 heteroatoms. The number of carbonyl (C=O) groups is 1. The minimum Gasteiger partial charge on any atom is -0.406 e. The maximum Gasteiger partial charge on any atom is 0.573 e. The second-order valence-corrected chi connectivity index (χ2v) is 7.49. The fourth-order valence-corrected chi connectivity index (χ4v) is 2.83. The number of halogens is 3. The van der Waals surface area contributed by atoms with Crippen LogP contribution in [0.2, 0.25) is 0 Å². The van der Waals surface area contributed by atoms with E-state index in [0.29, 0.717) is 0 Å². The van der Waals surface area contributed by atoms with Crippen LogP contribution in [0.5, 0.6) is 5.75 Å². The van der Waals surface area contributed by atoms with Gasteiger partial charge in [-0.1, -0.05) is 0 Å². The quantitative estimate of drug-likeness (QED) is 0.854. The highest BCUT2D eigenvalue weighted by molar-refractivity contribution is 7.89. The van der Waals surface area contributed by atoms with Gasteiger partial charge in [-0.25, -0.2) is 12.7 Å². The highest BCUT2D eigenvalue weighted by Gasteiger charge is 2.31. The molecule has 0 saturated carbocycles. The number of hydrogen-bond donors (Lipinski definition) is 1. The van der Waals surface area contributed by atoms with Gasteiger partial charge in [0.25, 0.3) is 5.91 Å². The molecule has 0 unspecified atom stereocenters. The van der Waals surface area contributed by atoms with E-state index in [1.165, 1.54) is 50.5 Å². The molecule has 0 bridgehead atoms. The molecule has 2 rings (SSSR count). The van der Waals surface area contributed by atoms with Crippen molar-refractivity contribution in [2.45, 2.75) is 11.3 Å². The topological polar surface area (TPSA) is 75.7 Å². The molecule has 0 fully saturated rings. The molecule has 0 aliphatic rings. The van der Waals surface area contributed by atoms with Crippen LogP contribution in [0, 0.1) is 0 Å². The van der Waals surface area contributed by atoms with Gasteiger partial charge < -0.3 is 10.1 Å². The van der Waals surface area contributed by atoms with Gasteiger partial charge in [0.2, 0.25) is 10.0 Å². The molecule has 0 aromatic heterocycles. The summed E-state index contributed by atoms with van der Waals surface area (Å²) < 4.78 is 65.0. The van der Waals surface area contributed by atoms with E-state index in [-0.39, 0.29) is 16.1 Å². The molecule has 2 aromatic rings. The Labute approximate surface area is 148 Å². The Morgan fingerprint density at radius 1 is 1.00 bits per heavy atom. The van der Waals surface area contributed by atoms with Crippen molar-refractivity contribution in [3.63, 3.8) is 0 Å². The molecule has 0 aliphatic heterocycles. The number of alkyl halides is 3. The molecule has 0 aliphatic carbocycles. The van der Waals surface area contributed by atoms with Crippen molar-refractivity contribution in [1.82, 2.24) is 4.31 Å². The standard InChI is InChI=1S/C16H15F3N2O4S/c1-21(2)26(23,24)14-9-3-11(4-10-14)15(22)20-12-5-7-13(8-6-12)25-16(17,18)19/h3-10H,1-2H3,(H,20,22). The average molecular weight is 388 g/mol. The highest BCUT2D eigenvalue weighted by atomic mass is 32.2. The monoisotopic (exact) mass is 388 g/mol. The first-order valence-corrected chi connectivity index (χ1v) is 8.63. The number of rotatable bonds is 5. The maximum absolute atomic E-state index is 12.1. The molecule has 0 heterocycles. The summed E-state index contributed by atoms with van der Waals surface area (Å²) >= 11 is 0. The second kappa shape index (κ2) is 7.34. The Kier molecular flexibility index (Phi) is 5.57. The molecule has 0 saturated heterocycles. The Bertz CT molecular complexity index is 877. The summed E-state index contributed by atoms with van der Waals surface area (Å²) in [4.78, 5) is 12.2. The zero-order valence-electron chi connectivity index (χ0n) is 13.7. The van der Waals surface area contributed by atoms with E-state index in [2.05, 4.69) is 10.1 Å². The van der Waals surface area contributed by atoms with E-state index in [1.54, 1.807) is 0 Å². The molecule has 140 valence electrons. The lowest BCUT2D eigenvalue weighted by atomic mass is 10.2. The van der Waals surface area contributed by atoms with Crippen molar-refractivity contribution in [3.05, 3.63) is 54.1 Å². The van der Waals surface area contributed by atoms with Gasteiger partial charge in [0.15, 0.2) is 0 Å². The molecule has 2 aromatic carbocycles. The van der Waals surface area contributed by atoms with E-state index in [0.717, 1.165) is 16.4 Å². The zero-order chi connectivity index (χ0) is 19.5. The Balaban J connectivity index is 2.08. The molecule has 0 atom stereocenters. The van der Waals surface area contributed by atoms with Crippen molar-refractivity contribution in [2.24, 2.45) is 0 Å². The molecule has 0 radical (unpaired) electrons. The van der Waals surface area contributed by atoms with Crippen molar-refractivity contribution >= 4 is 21.6 Å². The minimum atomic E-state index is -4.79. The lowest BCUT2D eigenvalue weighted by Crippen LogP contribution is -2.22. The van der Waals surface area contributed by atoms with Crippen molar-refractivity contribution in [3.8, 4) is 5.75 Å². The van der Waals surface area contributed by atoms with Crippen molar-refractivity contribution in [1.29, 1.82) is 0 Å². The predicted octanol–water partition coefficient (Wildman–Crippen LogP) is 3.09. The van der Waals surface area contributed by atoms with Crippen LogP contribution in [-0.4, -0.2) is 39.1 Å². The van der Waals surface area contributed by atoms with Crippen LogP contribution < -0.4 is 10.1 Å². The Morgan fingerprint density at radius 2 is 1.54 bits per heavy atom. The predicted molar refractivity (Wildman–Crippen MR) is 88.4 cm³/mol. The van der Waals surface area contributed by atoms with Crippen LogP contribution in [0.1, 0.15) is 10.4 Å². The number of nitrogens with one attached hydrogen (secondary N) is 1. The third kappa shape index (κ3) is 4.96. The lowest BCUT2D eigenvalue weighted by molar-refractivity contribution is -0.274. The average Bonchev–Trinajstić information content (AvgIpc) is 2.55. The number of amides is 1. The molecule has 1 amide bonds. The molecule has 26 heavy (non-hydrogen) atoms. The number of nitrogens with zero attached hydrogens (tertiary/aromatic N) is 1. The molecular formula is C16H15F3N2O4S. The SMILES string of the molecule is CN(C)S(=O)(=O)c1ccc(C(=O)Nc2ccc(OC(F)(F)F)cc2)cc1. The molecular weight excluding hydrogens is 373 g/mol. The van der Waals surface area contributed by atoms with Gasteiger partial charge in [-0.2, -0.15) is 0 Å². The smallest absolute Gasteiger partial charge is 0.406 e. The Morgan fingerprint density at radius 3 is 2.00 bits per heavy atom. The summed E-state index contributed by atoms with van der Waals surface area (Å²) in [6.07, 6.45) is -4.79. The third-order valence-electron chi connectivity index (χ3n) is 3.24. The first kappa shape index (κ1) is 19.7. The second-order valence-electron chi connectivity index (χ2n) is 5.34. The number of benzene rings is 2. The summed E-state index contributed by atoms with van der Waals surface area (Å²) in [6, 6.07) is 9.91. The fourth-order valence-electron chi connectivity index (χ4n) is 1.93. The van der Waals surface area contributed by atoms with Gasteiger partial charge in [0, 0.05) is 25.3 Å². The lowest BCUT2D eigenvalue weighted by Gasteiger charge is -2.12. The van der Waals surface area contributed by atoms with Crippen LogP contribution in [0.4, 0.5) is 18.9 Å². The summed E-state index contributed by atoms with van der Waals surface area (Å²) in [5.41, 5.74) is 0.452. The zero-order valence-corrected chi connectivity index (χ0v) is 14.6. The first-order chi connectivity index (χ1) is 12.0. The summed E-state index contributed by atoms with van der Waals surface area (Å²) in [7, 11) is -0.820. The van der Waals surface area contributed by atoms with Crippen LogP contribution in [0.25, 0.3) is 0 Å². The largest absolute Gasteiger partial charge is 0.573 e. The third-order valence-corrected chi connectivity index (χ3v) is 5.07. The van der Waals surface area contributed by atoms with Crippen LogP contribution in [0.3, 0.4) is 0 Å². The summed E-state index contributed by atoms with van der Waals surface area (Å²) in [5.74, 6) is -0.947. The van der Waals surface area contributed by atoms with Gasteiger partial charge in [-0.3, -0.25) is 4.79 Å². The molecule has 1 N–H and O–H groups in total. The maximum atomic E-state index is 12.1. The minimum absolute atomic E-state index is 0.0349. The van der Waals surface area contributed by atoms with Gasteiger partial charge in [0.05, 0.1) is 4.90 Å². The van der Waals surface area contributed by atoms with E-state index in [4.69, 9.17) is 0 Å². The van der Waals surface area contributed by atoms with E-state index < -0.39 is 28.0 Å². The number of hydrogen-bond acceptors (Lipinski definition) is 4. The number of carbonyl (C=O) groups excluding carboxylic acids is 1. The van der Waals surface area contributed by atoms with Crippen molar-refractivity contribution < 1.29 is 31.1 Å². The van der Waals surface area contributed by atoms with Gasteiger partial charge in [0.1, 0.15) is 5.75 Å². The normalized spacial score (nSPS) is 12.1. The summed E-state index contributed by atoms with van der Waals surface area (Å²) in [5, 5.41) is 2.49.